The van der Waals surface area contributed by atoms with E-state index >= 15 is 0 Å². The Hall–Kier alpha value is -2.09. The topological polar surface area (TPSA) is 48.1 Å². The van der Waals surface area contributed by atoms with E-state index in [0.717, 1.165) is 56.7 Å². The van der Waals surface area contributed by atoms with Gasteiger partial charge in [0.15, 0.2) is 0 Å². The molecule has 1 saturated heterocycles. The van der Waals surface area contributed by atoms with Gasteiger partial charge in [0.05, 0.1) is 12.8 Å². The Morgan fingerprint density at radius 1 is 1.23 bits per heavy atom. The van der Waals surface area contributed by atoms with Crippen LogP contribution in [0.2, 0.25) is 0 Å². The lowest BCUT2D eigenvalue weighted by Crippen LogP contribution is -2.50. The molecule has 7 heteroatoms. The fraction of sp³-hybridized carbons (Fsp3) is 0.542. The van der Waals surface area contributed by atoms with Gasteiger partial charge in [-0.2, -0.15) is 0 Å². The summed E-state index contributed by atoms with van der Waals surface area (Å²) in [6, 6.07) is 10.4. The summed E-state index contributed by atoms with van der Waals surface area (Å²) in [6.45, 7) is 6.75. The van der Waals surface area contributed by atoms with Crippen molar-refractivity contribution >= 4 is 23.1 Å². The predicted octanol–water partition coefficient (Wildman–Crippen LogP) is 4.17. The van der Waals surface area contributed by atoms with E-state index in [1.807, 2.05) is 55.5 Å². The van der Waals surface area contributed by atoms with Gasteiger partial charge in [0, 0.05) is 43.6 Å². The van der Waals surface area contributed by atoms with E-state index in [2.05, 4.69) is 32.6 Å². The molecule has 0 radical (unpaired) electrons. The Morgan fingerprint density at radius 2 is 2.00 bits per heavy atom. The summed E-state index contributed by atoms with van der Waals surface area (Å²) < 4.78 is 5.45. The molecule has 3 rings (SSSR count). The van der Waals surface area contributed by atoms with Gasteiger partial charge in [0.25, 0.3) is 0 Å². The number of urea groups is 1. The minimum absolute atomic E-state index is 0.0391. The smallest absolute Gasteiger partial charge is 0.322 e. The van der Waals surface area contributed by atoms with Gasteiger partial charge in [0.1, 0.15) is 5.75 Å². The zero-order chi connectivity index (χ0) is 22.2. The minimum Gasteiger partial charge on any atom is -0.495 e. The highest BCUT2D eigenvalue weighted by Crippen LogP contribution is 2.26. The summed E-state index contributed by atoms with van der Waals surface area (Å²) in [5.41, 5.74) is 1.82. The van der Waals surface area contributed by atoms with E-state index in [1.165, 1.54) is 4.88 Å². The van der Waals surface area contributed by atoms with Gasteiger partial charge in [-0.05, 0) is 69.4 Å². The molecule has 1 N–H and O–H groups in total. The number of likely N-dealkylation sites (tertiary alicyclic amines) is 1. The van der Waals surface area contributed by atoms with Crippen molar-refractivity contribution in [2.45, 2.75) is 32.2 Å². The summed E-state index contributed by atoms with van der Waals surface area (Å²) in [4.78, 5) is 21.4. The van der Waals surface area contributed by atoms with Crippen molar-refractivity contribution in [1.29, 1.82) is 0 Å². The Morgan fingerprint density at radius 3 is 2.65 bits per heavy atom. The number of carbonyl (C=O) groups excluding carboxylic acids is 1. The summed E-state index contributed by atoms with van der Waals surface area (Å²) in [5.74, 6) is 0.690. The lowest BCUT2D eigenvalue weighted by molar-refractivity contribution is 0.123. The van der Waals surface area contributed by atoms with Gasteiger partial charge >= 0.3 is 6.03 Å². The van der Waals surface area contributed by atoms with E-state index < -0.39 is 0 Å². The number of hydrogen-bond acceptors (Lipinski definition) is 5. The fourth-order valence-electron chi connectivity index (χ4n) is 4.04. The van der Waals surface area contributed by atoms with Crippen LogP contribution < -0.4 is 10.1 Å². The minimum atomic E-state index is -0.0391. The number of carbonyl (C=O) groups is 1. The molecule has 0 atom stereocenters. The normalized spacial score (nSPS) is 15.3. The number of rotatable bonds is 9. The molecular formula is C24H36N4O2S. The summed E-state index contributed by atoms with van der Waals surface area (Å²) in [5, 5.41) is 5.25. The number of aryl methyl sites for hydroxylation is 1. The second kappa shape index (κ2) is 11.5. The molecule has 0 unspecified atom stereocenters. The number of hydrogen-bond donors (Lipinski definition) is 1. The average Bonchev–Trinajstić information content (AvgIpc) is 3.27. The standard InChI is InChI=1S/C24H36N4O2S/c1-19-7-8-23(30-4)22(18-19)25-24(29)28(16-15-26(2)3)20-9-12-27(13-10-20)14-11-21-6-5-17-31-21/h5-8,17-18,20H,9-16H2,1-4H3,(H,25,29). The highest BCUT2D eigenvalue weighted by atomic mass is 32.1. The van der Waals surface area contributed by atoms with E-state index in [4.69, 9.17) is 4.74 Å². The number of thiophene rings is 1. The molecule has 2 heterocycles. The third-order valence-corrected chi connectivity index (χ3v) is 6.83. The van der Waals surface area contributed by atoms with Crippen LogP contribution in [0.3, 0.4) is 0 Å². The summed E-state index contributed by atoms with van der Waals surface area (Å²) in [6.07, 6.45) is 3.13. The largest absolute Gasteiger partial charge is 0.495 e. The van der Waals surface area contributed by atoms with E-state index in [9.17, 15) is 4.79 Å². The zero-order valence-corrected chi connectivity index (χ0v) is 20.1. The molecule has 0 bridgehead atoms. The molecule has 2 amide bonds. The molecule has 6 nitrogen and oxygen atoms in total. The molecule has 0 aliphatic carbocycles. The van der Waals surface area contributed by atoms with Crippen LogP contribution in [0.25, 0.3) is 0 Å². The number of amides is 2. The van der Waals surface area contributed by atoms with Crippen molar-refractivity contribution in [3.8, 4) is 5.75 Å². The van der Waals surface area contributed by atoms with Gasteiger partial charge in [-0.15, -0.1) is 11.3 Å². The monoisotopic (exact) mass is 444 g/mol. The maximum Gasteiger partial charge on any atom is 0.322 e. The third kappa shape index (κ3) is 6.95. The number of nitrogens with zero attached hydrogens (tertiary/aromatic N) is 3. The van der Waals surface area contributed by atoms with Gasteiger partial charge in [-0.25, -0.2) is 4.79 Å². The predicted molar refractivity (Wildman–Crippen MR) is 129 cm³/mol. The number of piperidine rings is 1. The number of anilines is 1. The Kier molecular flexibility index (Phi) is 8.75. The van der Waals surface area contributed by atoms with Gasteiger partial charge in [-0.3, -0.25) is 0 Å². The van der Waals surface area contributed by atoms with Crippen molar-refractivity contribution < 1.29 is 9.53 Å². The molecule has 0 spiro atoms. The maximum atomic E-state index is 13.3. The van der Waals surface area contributed by atoms with Crippen LogP contribution in [0.15, 0.2) is 35.7 Å². The van der Waals surface area contributed by atoms with Crippen LogP contribution in [-0.2, 0) is 6.42 Å². The van der Waals surface area contributed by atoms with Crippen molar-refractivity contribution in [1.82, 2.24) is 14.7 Å². The molecule has 1 aliphatic rings. The van der Waals surface area contributed by atoms with Crippen LogP contribution in [0.4, 0.5) is 10.5 Å². The Bertz CT molecular complexity index is 817. The highest BCUT2D eigenvalue weighted by Gasteiger charge is 2.28. The number of methoxy groups -OCH3 is 1. The average molecular weight is 445 g/mol. The maximum absolute atomic E-state index is 13.3. The van der Waals surface area contributed by atoms with Crippen molar-refractivity contribution in [2.24, 2.45) is 0 Å². The van der Waals surface area contributed by atoms with Crippen molar-refractivity contribution in [3.05, 3.63) is 46.2 Å². The third-order valence-electron chi connectivity index (χ3n) is 5.90. The van der Waals surface area contributed by atoms with Crippen LogP contribution in [0.5, 0.6) is 5.75 Å². The second-order valence-corrected chi connectivity index (χ2v) is 9.56. The first-order valence-electron chi connectivity index (χ1n) is 11.1. The Balaban J connectivity index is 1.61. The second-order valence-electron chi connectivity index (χ2n) is 8.53. The number of nitrogens with one attached hydrogen (secondary N) is 1. The SMILES string of the molecule is COc1ccc(C)cc1NC(=O)N(CCN(C)C)C1CCN(CCc2cccs2)CC1. The first-order chi connectivity index (χ1) is 15.0. The van der Waals surface area contributed by atoms with Gasteiger partial charge < -0.3 is 24.8 Å². The first kappa shape index (κ1) is 23.6. The number of ether oxygens (including phenoxy) is 1. The molecule has 1 aromatic carbocycles. The number of likely N-dealkylation sites (N-methyl/N-ethyl adjacent to an activating group) is 1. The van der Waals surface area contributed by atoms with Crippen molar-refractivity contribution in [3.63, 3.8) is 0 Å². The molecule has 31 heavy (non-hydrogen) atoms. The molecule has 0 saturated carbocycles. The van der Waals surface area contributed by atoms with Crippen LogP contribution >= 0.6 is 11.3 Å². The van der Waals surface area contributed by atoms with E-state index in [-0.39, 0.29) is 12.1 Å². The molecule has 2 aromatic rings. The molecule has 170 valence electrons. The zero-order valence-electron chi connectivity index (χ0n) is 19.3. The van der Waals surface area contributed by atoms with Crippen LogP contribution in [0, 0.1) is 6.92 Å². The summed E-state index contributed by atoms with van der Waals surface area (Å²) >= 11 is 1.83. The molecule has 1 fully saturated rings. The van der Waals surface area contributed by atoms with Gasteiger partial charge in [-0.1, -0.05) is 12.1 Å². The lowest BCUT2D eigenvalue weighted by Gasteiger charge is -2.39. The molecule has 1 aromatic heterocycles. The van der Waals surface area contributed by atoms with E-state index in [1.54, 1.807) is 7.11 Å². The van der Waals surface area contributed by atoms with Crippen molar-refractivity contribution in [2.75, 3.05) is 59.2 Å². The fourth-order valence-corrected chi connectivity index (χ4v) is 4.74. The van der Waals surface area contributed by atoms with E-state index in [0.29, 0.717) is 12.3 Å². The van der Waals surface area contributed by atoms with Crippen LogP contribution in [0.1, 0.15) is 23.3 Å². The highest BCUT2D eigenvalue weighted by molar-refractivity contribution is 7.09. The molecular weight excluding hydrogens is 408 g/mol. The quantitative estimate of drug-likeness (QED) is 0.631. The first-order valence-corrected chi connectivity index (χ1v) is 12.0. The number of benzene rings is 1. The lowest BCUT2D eigenvalue weighted by atomic mass is 10.0. The Labute approximate surface area is 190 Å². The molecule has 1 aliphatic heterocycles. The summed E-state index contributed by atoms with van der Waals surface area (Å²) in [7, 11) is 5.73. The van der Waals surface area contributed by atoms with Gasteiger partial charge in [0.2, 0.25) is 0 Å². The van der Waals surface area contributed by atoms with Crippen LogP contribution in [-0.4, -0.2) is 80.7 Å².